The minimum Gasteiger partial charge on any atom is -0.352 e. The number of hydrogen-bond donors (Lipinski definition) is 1. The van der Waals surface area contributed by atoms with Crippen LogP contribution in [0.3, 0.4) is 0 Å². The van der Waals surface area contributed by atoms with E-state index in [9.17, 15) is 13.6 Å². The number of hydrogen-bond acceptors (Lipinski definition) is 1. The Morgan fingerprint density at radius 2 is 1.81 bits per heavy atom. The SMILES string of the molecule is Cc1cc(F)ccc1CCNC(=O)c1ccc(F)cc1Br. The first-order valence-electron chi connectivity index (χ1n) is 6.45. The van der Waals surface area contributed by atoms with Crippen molar-refractivity contribution in [2.24, 2.45) is 0 Å². The van der Waals surface area contributed by atoms with Crippen LogP contribution >= 0.6 is 15.9 Å². The van der Waals surface area contributed by atoms with Crippen LogP contribution in [0.25, 0.3) is 0 Å². The molecule has 110 valence electrons. The van der Waals surface area contributed by atoms with E-state index in [4.69, 9.17) is 0 Å². The molecule has 0 unspecified atom stereocenters. The Kier molecular flexibility index (Phi) is 5.07. The van der Waals surface area contributed by atoms with E-state index in [0.29, 0.717) is 23.0 Å². The van der Waals surface area contributed by atoms with Gasteiger partial charge in [-0.25, -0.2) is 8.78 Å². The molecule has 1 amide bonds. The summed E-state index contributed by atoms with van der Waals surface area (Å²) in [5, 5.41) is 2.76. The molecule has 0 saturated carbocycles. The molecular weight excluding hydrogens is 340 g/mol. The van der Waals surface area contributed by atoms with E-state index in [1.807, 2.05) is 6.92 Å². The third-order valence-corrected chi connectivity index (χ3v) is 3.82. The van der Waals surface area contributed by atoms with Crippen molar-refractivity contribution in [3.63, 3.8) is 0 Å². The van der Waals surface area contributed by atoms with E-state index in [1.165, 1.54) is 30.3 Å². The Hall–Kier alpha value is -1.75. The summed E-state index contributed by atoms with van der Waals surface area (Å²) in [7, 11) is 0. The average Bonchev–Trinajstić information content (AvgIpc) is 2.41. The highest BCUT2D eigenvalue weighted by molar-refractivity contribution is 9.10. The van der Waals surface area contributed by atoms with Crippen LogP contribution in [0.15, 0.2) is 40.9 Å². The molecule has 0 saturated heterocycles. The second kappa shape index (κ2) is 6.80. The van der Waals surface area contributed by atoms with Crippen LogP contribution in [0.4, 0.5) is 8.78 Å². The van der Waals surface area contributed by atoms with Gasteiger partial charge in [0.05, 0.1) is 5.56 Å². The fourth-order valence-corrected chi connectivity index (χ4v) is 2.55. The van der Waals surface area contributed by atoms with Gasteiger partial charge in [-0.15, -0.1) is 0 Å². The van der Waals surface area contributed by atoms with Crippen LogP contribution in [-0.2, 0) is 6.42 Å². The van der Waals surface area contributed by atoms with Gasteiger partial charge in [-0.3, -0.25) is 4.79 Å². The van der Waals surface area contributed by atoms with Gasteiger partial charge >= 0.3 is 0 Å². The fourth-order valence-electron chi connectivity index (χ4n) is 2.02. The first-order valence-corrected chi connectivity index (χ1v) is 7.25. The highest BCUT2D eigenvalue weighted by Gasteiger charge is 2.10. The topological polar surface area (TPSA) is 29.1 Å². The van der Waals surface area contributed by atoms with E-state index in [-0.39, 0.29) is 11.7 Å². The number of nitrogens with one attached hydrogen (secondary N) is 1. The van der Waals surface area contributed by atoms with Crippen LogP contribution in [-0.4, -0.2) is 12.5 Å². The molecule has 21 heavy (non-hydrogen) atoms. The van der Waals surface area contributed by atoms with Gasteiger partial charge in [0.15, 0.2) is 0 Å². The zero-order valence-electron chi connectivity index (χ0n) is 11.4. The minimum atomic E-state index is -0.402. The molecule has 1 N–H and O–H groups in total. The molecule has 0 aliphatic heterocycles. The summed E-state index contributed by atoms with van der Waals surface area (Å²) in [5.41, 5.74) is 2.22. The zero-order chi connectivity index (χ0) is 15.4. The van der Waals surface area contributed by atoms with Gasteiger partial charge in [-0.05, 0) is 70.7 Å². The predicted molar refractivity (Wildman–Crippen MR) is 81.3 cm³/mol. The molecule has 2 aromatic rings. The lowest BCUT2D eigenvalue weighted by molar-refractivity contribution is 0.0953. The number of aryl methyl sites for hydroxylation is 1. The van der Waals surface area contributed by atoms with Crippen molar-refractivity contribution in [2.45, 2.75) is 13.3 Å². The van der Waals surface area contributed by atoms with Crippen molar-refractivity contribution < 1.29 is 13.6 Å². The third kappa shape index (κ3) is 4.11. The third-order valence-electron chi connectivity index (χ3n) is 3.16. The lowest BCUT2D eigenvalue weighted by atomic mass is 10.1. The molecule has 2 nitrogen and oxygen atoms in total. The standard InChI is InChI=1S/C16H14BrF2NO/c1-10-8-12(18)3-2-11(10)6-7-20-16(21)14-5-4-13(19)9-15(14)17/h2-5,8-9H,6-7H2,1H3,(H,20,21). The summed E-state index contributed by atoms with van der Waals surface area (Å²) >= 11 is 3.16. The van der Waals surface area contributed by atoms with E-state index >= 15 is 0 Å². The van der Waals surface area contributed by atoms with Gasteiger partial charge in [-0.2, -0.15) is 0 Å². The van der Waals surface area contributed by atoms with Gasteiger partial charge in [-0.1, -0.05) is 6.07 Å². The number of halogens is 3. The van der Waals surface area contributed by atoms with Gasteiger partial charge in [0, 0.05) is 11.0 Å². The van der Waals surface area contributed by atoms with Gasteiger partial charge in [0.25, 0.3) is 5.91 Å². The Balaban J connectivity index is 1.95. The average molecular weight is 354 g/mol. The Morgan fingerprint density at radius 3 is 2.48 bits per heavy atom. The van der Waals surface area contributed by atoms with Crippen molar-refractivity contribution in [3.05, 3.63) is 69.2 Å². The van der Waals surface area contributed by atoms with Crippen LogP contribution in [0.5, 0.6) is 0 Å². The summed E-state index contributed by atoms with van der Waals surface area (Å²) in [5.74, 6) is -0.947. The second-order valence-corrected chi connectivity index (χ2v) is 5.56. The highest BCUT2D eigenvalue weighted by atomic mass is 79.9. The predicted octanol–water partition coefficient (Wildman–Crippen LogP) is 4.01. The van der Waals surface area contributed by atoms with Crippen molar-refractivity contribution in [1.82, 2.24) is 5.32 Å². The molecule has 0 heterocycles. The van der Waals surface area contributed by atoms with Crippen LogP contribution in [0, 0.1) is 18.6 Å². The Bertz CT molecular complexity index is 673. The van der Waals surface area contributed by atoms with Crippen molar-refractivity contribution in [3.8, 4) is 0 Å². The van der Waals surface area contributed by atoms with E-state index in [0.717, 1.165) is 11.1 Å². The summed E-state index contributed by atoms with van der Waals surface area (Å²) in [6.45, 7) is 2.26. The summed E-state index contributed by atoms with van der Waals surface area (Å²) in [6, 6.07) is 8.50. The molecule has 0 aliphatic rings. The summed E-state index contributed by atoms with van der Waals surface area (Å²) < 4.78 is 26.4. The quantitative estimate of drug-likeness (QED) is 0.883. The number of carbonyl (C=O) groups excluding carboxylic acids is 1. The number of rotatable bonds is 4. The maximum Gasteiger partial charge on any atom is 0.252 e. The van der Waals surface area contributed by atoms with E-state index in [2.05, 4.69) is 21.2 Å². The molecular formula is C16H14BrF2NO. The molecule has 0 spiro atoms. The molecule has 0 radical (unpaired) electrons. The Morgan fingerprint density at radius 1 is 1.14 bits per heavy atom. The molecule has 0 atom stereocenters. The lowest BCUT2D eigenvalue weighted by Gasteiger charge is -2.09. The van der Waals surface area contributed by atoms with Gasteiger partial charge in [0.2, 0.25) is 0 Å². The van der Waals surface area contributed by atoms with Crippen molar-refractivity contribution >= 4 is 21.8 Å². The summed E-state index contributed by atoms with van der Waals surface area (Å²) in [4.78, 5) is 12.0. The number of amides is 1. The van der Waals surface area contributed by atoms with Gasteiger partial charge in [0.1, 0.15) is 11.6 Å². The highest BCUT2D eigenvalue weighted by Crippen LogP contribution is 2.18. The molecule has 0 aromatic heterocycles. The van der Waals surface area contributed by atoms with Crippen LogP contribution in [0.2, 0.25) is 0 Å². The molecule has 0 aliphatic carbocycles. The molecule has 2 rings (SSSR count). The maximum atomic E-state index is 13.0. The number of carbonyl (C=O) groups is 1. The first kappa shape index (κ1) is 15.6. The smallest absolute Gasteiger partial charge is 0.252 e. The molecule has 0 bridgehead atoms. The molecule has 5 heteroatoms. The lowest BCUT2D eigenvalue weighted by Crippen LogP contribution is -2.26. The normalized spacial score (nSPS) is 10.5. The Labute approximate surface area is 130 Å². The van der Waals surface area contributed by atoms with Crippen molar-refractivity contribution in [2.75, 3.05) is 6.54 Å². The van der Waals surface area contributed by atoms with Crippen LogP contribution in [0.1, 0.15) is 21.5 Å². The zero-order valence-corrected chi connectivity index (χ0v) is 13.0. The largest absolute Gasteiger partial charge is 0.352 e. The molecule has 2 aromatic carbocycles. The minimum absolute atomic E-state index is 0.268. The fraction of sp³-hybridized carbons (Fsp3) is 0.188. The maximum absolute atomic E-state index is 13.0. The van der Waals surface area contributed by atoms with E-state index < -0.39 is 5.82 Å². The van der Waals surface area contributed by atoms with Gasteiger partial charge < -0.3 is 5.32 Å². The molecule has 0 fully saturated rings. The van der Waals surface area contributed by atoms with E-state index in [1.54, 1.807) is 6.07 Å². The second-order valence-electron chi connectivity index (χ2n) is 4.70. The number of benzene rings is 2. The first-order chi connectivity index (χ1) is 9.97. The van der Waals surface area contributed by atoms with Crippen LogP contribution < -0.4 is 5.32 Å². The monoisotopic (exact) mass is 353 g/mol. The van der Waals surface area contributed by atoms with Crippen molar-refractivity contribution in [1.29, 1.82) is 0 Å². The summed E-state index contributed by atoms with van der Waals surface area (Å²) in [6.07, 6.45) is 0.608.